The van der Waals surface area contributed by atoms with E-state index in [2.05, 4.69) is 51.0 Å². The van der Waals surface area contributed by atoms with Crippen LogP contribution in [0.25, 0.3) is 0 Å². The fraction of sp³-hybridized carbons (Fsp3) is 0.667. The lowest BCUT2D eigenvalue weighted by atomic mass is 9.42. The average molecular weight is 244 g/mol. The Balaban J connectivity index is 2.19. The van der Waals surface area contributed by atoms with Crippen molar-refractivity contribution in [3.8, 4) is 0 Å². The molecular formula is C15H25BN2. The van der Waals surface area contributed by atoms with E-state index in [-0.39, 0.29) is 0 Å². The molecule has 0 saturated carbocycles. The topological polar surface area (TPSA) is 16.1 Å². The van der Waals surface area contributed by atoms with Crippen molar-refractivity contribution in [2.75, 3.05) is 19.0 Å². The summed E-state index contributed by atoms with van der Waals surface area (Å²) in [7, 11) is 4.06. The van der Waals surface area contributed by atoms with Crippen LogP contribution in [0, 0.1) is 10.8 Å². The number of aromatic nitrogens is 1. The number of pyridine rings is 1. The van der Waals surface area contributed by atoms with Crippen molar-refractivity contribution >= 4 is 18.0 Å². The third kappa shape index (κ3) is 2.27. The van der Waals surface area contributed by atoms with E-state index in [0.717, 1.165) is 5.82 Å². The van der Waals surface area contributed by atoms with Crippen LogP contribution in [0.15, 0.2) is 18.3 Å². The molecule has 2 heterocycles. The van der Waals surface area contributed by atoms with E-state index in [0.29, 0.717) is 17.5 Å². The van der Waals surface area contributed by atoms with Gasteiger partial charge in [0, 0.05) is 20.3 Å². The fourth-order valence-corrected chi connectivity index (χ4v) is 3.00. The maximum absolute atomic E-state index is 4.54. The Bertz CT molecular complexity index is 405. The lowest BCUT2D eigenvalue weighted by Gasteiger charge is -2.35. The van der Waals surface area contributed by atoms with Crippen LogP contribution in [0.5, 0.6) is 0 Å². The Kier molecular flexibility index (Phi) is 3.20. The molecule has 0 atom stereocenters. The van der Waals surface area contributed by atoms with Gasteiger partial charge < -0.3 is 4.90 Å². The third-order valence-electron chi connectivity index (χ3n) is 5.05. The largest absolute Gasteiger partial charge is 0.363 e. The van der Waals surface area contributed by atoms with Crippen LogP contribution in [-0.4, -0.2) is 25.8 Å². The molecule has 1 aliphatic heterocycles. The van der Waals surface area contributed by atoms with Crippen molar-refractivity contribution in [1.82, 2.24) is 4.98 Å². The van der Waals surface area contributed by atoms with Crippen molar-refractivity contribution in [1.29, 1.82) is 0 Å². The highest BCUT2D eigenvalue weighted by Gasteiger charge is 2.48. The smallest absolute Gasteiger partial charge is 0.179 e. The summed E-state index contributed by atoms with van der Waals surface area (Å²) < 4.78 is 0. The second kappa shape index (κ2) is 4.29. The summed E-state index contributed by atoms with van der Waals surface area (Å²) in [6.07, 6.45) is 4.60. The first-order chi connectivity index (χ1) is 8.23. The molecule has 1 aliphatic rings. The Labute approximate surface area is 112 Å². The van der Waals surface area contributed by atoms with Crippen molar-refractivity contribution in [3.63, 3.8) is 0 Å². The van der Waals surface area contributed by atoms with Gasteiger partial charge >= 0.3 is 0 Å². The summed E-state index contributed by atoms with van der Waals surface area (Å²) in [6.45, 7) is 10.3. The highest BCUT2D eigenvalue weighted by Crippen LogP contribution is 2.52. The summed E-state index contributed by atoms with van der Waals surface area (Å²) >= 11 is 0. The predicted molar refractivity (Wildman–Crippen MR) is 81.1 cm³/mol. The van der Waals surface area contributed by atoms with E-state index < -0.39 is 0 Å². The van der Waals surface area contributed by atoms with E-state index in [1.807, 2.05) is 19.0 Å². The molecule has 2 nitrogen and oxygen atoms in total. The first-order valence-corrected chi connectivity index (χ1v) is 6.86. The molecule has 0 aromatic carbocycles. The average Bonchev–Trinajstić information content (AvgIpc) is 2.48. The lowest BCUT2D eigenvalue weighted by molar-refractivity contribution is 0.177. The van der Waals surface area contributed by atoms with Crippen LogP contribution in [0.1, 0.15) is 27.7 Å². The summed E-state index contributed by atoms with van der Waals surface area (Å²) in [4.78, 5) is 6.59. The third-order valence-corrected chi connectivity index (χ3v) is 5.05. The Hall–Kier alpha value is -0.985. The second-order valence-corrected chi connectivity index (χ2v) is 7.22. The van der Waals surface area contributed by atoms with Gasteiger partial charge in [-0.05, 0) is 16.9 Å². The molecule has 1 fully saturated rings. The van der Waals surface area contributed by atoms with E-state index in [1.54, 1.807) is 0 Å². The molecule has 0 radical (unpaired) electrons. The molecule has 0 bridgehead atoms. The number of anilines is 1. The van der Waals surface area contributed by atoms with Crippen molar-refractivity contribution in [2.24, 2.45) is 10.8 Å². The number of hydrogen-bond acceptors (Lipinski definition) is 2. The van der Waals surface area contributed by atoms with Crippen LogP contribution in [0.2, 0.25) is 12.6 Å². The molecular weight excluding hydrogens is 219 g/mol. The predicted octanol–water partition coefficient (Wildman–Crippen LogP) is 2.92. The molecule has 1 aromatic rings. The monoisotopic (exact) mass is 244 g/mol. The fourth-order valence-electron chi connectivity index (χ4n) is 3.00. The van der Waals surface area contributed by atoms with E-state index >= 15 is 0 Å². The Morgan fingerprint density at radius 1 is 1.06 bits per heavy atom. The van der Waals surface area contributed by atoms with Crippen LogP contribution >= 0.6 is 0 Å². The van der Waals surface area contributed by atoms with Gasteiger partial charge in [-0.15, -0.1) is 0 Å². The molecule has 3 heteroatoms. The van der Waals surface area contributed by atoms with Crippen molar-refractivity contribution in [3.05, 3.63) is 18.3 Å². The second-order valence-electron chi connectivity index (χ2n) is 7.22. The number of hydrogen-bond donors (Lipinski definition) is 0. The summed E-state index contributed by atoms with van der Waals surface area (Å²) in [6, 6.07) is 4.39. The molecule has 0 amide bonds. The summed E-state index contributed by atoms with van der Waals surface area (Å²) in [5.41, 5.74) is 2.23. The molecule has 98 valence electrons. The van der Waals surface area contributed by atoms with E-state index in [1.165, 1.54) is 18.1 Å². The minimum Gasteiger partial charge on any atom is -0.363 e. The molecule has 0 aliphatic carbocycles. The van der Waals surface area contributed by atoms with Gasteiger partial charge in [0.2, 0.25) is 0 Å². The van der Waals surface area contributed by atoms with Gasteiger partial charge in [0.15, 0.2) is 6.71 Å². The molecule has 0 spiro atoms. The highest BCUT2D eigenvalue weighted by molar-refractivity contribution is 6.74. The zero-order chi connectivity index (χ0) is 13.6. The van der Waals surface area contributed by atoms with Gasteiger partial charge in [-0.1, -0.05) is 51.9 Å². The van der Waals surface area contributed by atoms with Gasteiger partial charge in [-0.2, -0.15) is 0 Å². The van der Waals surface area contributed by atoms with Gasteiger partial charge in [0.25, 0.3) is 0 Å². The quantitative estimate of drug-likeness (QED) is 0.743. The van der Waals surface area contributed by atoms with Gasteiger partial charge in [0.05, 0.1) is 0 Å². The van der Waals surface area contributed by atoms with Gasteiger partial charge in [0.1, 0.15) is 5.82 Å². The Morgan fingerprint density at radius 2 is 1.61 bits per heavy atom. The molecule has 0 N–H and O–H groups in total. The van der Waals surface area contributed by atoms with E-state index in [9.17, 15) is 0 Å². The number of nitrogens with zero attached hydrogens (tertiary/aromatic N) is 2. The zero-order valence-corrected chi connectivity index (χ0v) is 12.6. The van der Waals surface area contributed by atoms with E-state index in [4.69, 9.17) is 0 Å². The van der Waals surface area contributed by atoms with Crippen molar-refractivity contribution < 1.29 is 0 Å². The van der Waals surface area contributed by atoms with Crippen LogP contribution < -0.4 is 10.4 Å². The maximum atomic E-state index is 4.54. The first-order valence-electron chi connectivity index (χ1n) is 6.86. The Morgan fingerprint density at radius 3 is 2.00 bits per heavy atom. The minimum atomic E-state index is 0.415. The zero-order valence-electron chi connectivity index (χ0n) is 12.6. The molecule has 0 unspecified atom stereocenters. The minimum absolute atomic E-state index is 0.415. The van der Waals surface area contributed by atoms with Crippen molar-refractivity contribution in [2.45, 2.75) is 40.3 Å². The first kappa shape index (κ1) is 13.4. The molecule has 1 saturated heterocycles. The van der Waals surface area contributed by atoms with Crippen LogP contribution in [-0.2, 0) is 0 Å². The normalized spacial score (nSPS) is 21.1. The van der Waals surface area contributed by atoms with Crippen LogP contribution in [0.3, 0.4) is 0 Å². The standard InChI is InChI=1S/C15H25BN2/c1-14(2)10-16(11-15(14,3)4)12-7-8-13(17-9-12)18(5)6/h7-9H,10-11H2,1-6H3. The maximum Gasteiger partial charge on any atom is 0.179 e. The van der Waals surface area contributed by atoms with Gasteiger partial charge in [-0.3, -0.25) is 0 Å². The lowest BCUT2D eigenvalue weighted by Crippen LogP contribution is -2.28. The van der Waals surface area contributed by atoms with Crippen LogP contribution in [0.4, 0.5) is 5.82 Å². The summed E-state index contributed by atoms with van der Waals surface area (Å²) in [5, 5.41) is 0. The highest BCUT2D eigenvalue weighted by atomic mass is 15.1. The molecule has 2 rings (SSSR count). The summed E-state index contributed by atoms with van der Waals surface area (Å²) in [5.74, 6) is 1.04. The molecule has 18 heavy (non-hydrogen) atoms. The number of rotatable bonds is 2. The van der Waals surface area contributed by atoms with Gasteiger partial charge in [-0.25, -0.2) is 4.98 Å². The molecule has 1 aromatic heterocycles. The SMILES string of the molecule is CN(C)c1ccc(B2CC(C)(C)C(C)(C)C2)cn1.